The molecular weight excluding hydrogens is 196 g/mol. The number of quaternary nitrogens is 1. The normalized spacial score (nSPS) is 25.3. The fourth-order valence-corrected chi connectivity index (χ4v) is 3.84. The van der Waals surface area contributed by atoms with Gasteiger partial charge in [-0.1, -0.05) is 19.8 Å². The summed E-state index contributed by atoms with van der Waals surface area (Å²) in [6.45, 7) is 6.84. The molecule has 0 radical (unpaired) electrons. The zero-order valence-electron chi connectivity index (χ0n) is 11.2. The minimum atomic E-state index is 0. The van der Waals surface area contributed by atoms with Crippen molar-refractivity contribution < 1.29 is 4.48 Å². The van der Waals surface area contributed by atoms with Crippen molar-refractivity contribution >= 4 is 0 Å². The molecule has 96 valence electrons. The van der Waals surface area contributed by atoms with Crippen LogP contribution in [0.5, 0.6) is 0 Å². The Balaban J connectivity index is 0.00000128. The van der Waals surface area contributed by atoms with Gasteiger partial charge in [-0.05, 0) is 32.1 Å². The second-order valence-corrected chi connectivity index (χ2v) is 5.74. The van der Waals surface area contributed by atoms with E-state index in [1.165, 1.54) is 81.9 Å². The fraction of sp³-hybridized carbons (Fsp3) is 1.00. The quantitative estimate of drug-likeness (QED) is 0.726. The highest BCUT2D eigenvalue weighted by molar-refractivity contribution is 4.70. The van der Waals surface area contributed by atoms with Gasteiger partial charge in [0.2, 0.25) is 0 Å². The minimum absolute atomic E-state index is 0. The van der Waals surface area contributed by atoms with Gasteiger partial charge < -0.3 is 10.6 Å². The van der Waals surface area contributed by atoms with Crippen molar-refractivity contribution in [2.24, 2.45) is 0 Å². The zero-order chi connectivity index (χ0) is 10.6. The Morgan fingerprint density at radius 1 is 0.938 bits per heavy atom. The van der Waals surface area contributed by atoms with Gasteiger partial charge in [0.15, 0.2) is 0 Å². The van der Waals surface area contributed by atoms with Crippen molar-refractivity contribution in [3.63, 3.8) is 0 Å². The first-order valence-electron chi connectivity index (χ1n) is 7.23. The summed E-state index contributed by atoms with van der Waals surface area (Å²) in [6, 6.07) is 1.05. The molecule has 0 bridgehead atoms. The number of unbranched alkanes of at least 4 members (excludes halogenated alkanes) is 1. The Kier molecular flexibility index (Phi) is 5.77. The van der Waals surface area contributed by atoms with Crippen LogP contribution in [-0.4, -0.2) is 30.2 Å². The zero-order valence-corrected chi connectivity index (χ0v) is 11.2. The molecule has 0 amide bonds. The largest absolute Gasteiger partial charge is 0.344 e. The van der Waals surface area contributed by atoms with Gasteiger partial charge in [0.05, 0.1) is 25.7 Å². The first-order chi connectivity index (χ1) is 7.37. The van der Waals surface area contributed by atoms with Crippen LogP contribution < -0.4 is 6.15 Å². The number of hydrogen-bond donors (Lipinski definition) is 1. The molecule has 0 aromatic rings. The number of nitrogens with zero attached hydrogens (tertiary/aromatic N) is 1. The molecule has 1 aliphatic carbocycles. The summed E-state index contributed by atoms with van der Waals surface area (Å²) < 4.78 is 1.52. The standard InChI is InChI=1S/C14H28N.H3N/c1-2-3-11-15(12-7-8-13-15)14-9-5-4-6-10-14;/h14H,2-13H2,1H3;1H3/q+1;. The van der Waals surface area contributed by atoms with Crippen molar-refractivity contribution in [3.05, 3.63) is 0 Å². The topological polar surface area (TPSA) is 35.0 Å². The highest BCUT2D eigenvalue weighted by Gasteiger charge is 2.39. The molecule has 2 rings (SSSR count). The van der Waals surface area contributed by atoms with Crippen molar-refractivity contribution in [1.82, 2.24) is 6.15 Å². The monoisotopic (exact) mass is 227 g/mol. The summed E-state index contributed by atoms with van der Waals surface area (Å²) >= 11 is 0. The van der Waals surface area contributed by atoms with Crippen LogP contribution in [0.2, 0.25) is 0 Å². The van der Waals surface area contributed by atoms with E-state index in [2.05, 4.69) is 6.92 Å². The SMILES string of the molecule is CCCC[N+]1(C2CCCCC2)CCCC1.N. The van der Waals surface area contributed by atoms with E-state index in [1.54, 1.807) is 0 Å². The van der Waals surface area contributed by atoms with Crippen LogP contribution in [0.4, 0.5) is 0 Å². The maximum Gasteiger partial charge on any atom is 0.0890 e. The molecule has 3 N–H and O–H groups in total. The van der Waals surface area contributed by atoms with E-state index in [9.17, 15) is 0 Å². The molecule has 0 unspecified atom stereocenters. The van der Waals surface area contributed by atoms with E-state index in [4.69, 9.17) is 0 Å². The lowest BCUT2D eigenvalue weighted by Gasteiger charge is -2.43. The predicted molar refractivity (Wildman–Crippen MR) is 70.9 cm³/mol. The summed E-state index contributed by atoms with van der Waals surface area (Å²) in [7, 11) is 0. The van der Waals surface area contributed by atoms with Crippen LogP contribution >= 0.6 is 0 Å². The van der Waals surface area contributed by atoms with Crippen LogP contribution in [-0.2, 0) is 0 Å². The van der Waals surface area contributed by atoms with E-state index >= 15 is 0 Å². The molecule has 0 spiro atoms. The second-order valence-electron chi connectivity index (χ2n) is 5.74. The maximum absolute atomic E-state index is 2.34. The molecule has 16 heavy (non-hydrogen) atoms. The molecule has 1 heterocycles. The number of rotatable bonds is 4. The second kappa shape index (κ2) is 6.61. The maximum atomic E-state index is 2.34. The Hall–Kier alpha value is -0.0800. The Morgan fingerprint density at radius 3 is 2.12 bits per heavy atom. The molecule has 2 fully saturated rings. The molecule has 2 aliphatic rings. The van der Waals surface area contributed by atoms with Crippen LogP contribution in [0.3, 0.4) is 0 Å². The van der Waals surface area contributed by atoms with Gasteiger partial charge in [0, 0.05) is 12.8 Å². The molecule has 1 saturated carbocycles. The molecule has 0 aromatic carbocycles. The van der Waals surface area contributed by atoms with Gasteiger partial charge in [0.25, 0.3) is 0 Å². The molecule has 0 aromatic heterocycles. The van der Waals surface area contributed by atoms with Gasteiger partial charge in [-0.3, -0.25) is 0 Å². The molecule has 2 heteroatoms. The van der Waals surface area contributed by atoms with Gasteiger partial charge in [-0.2, -0.15) is 0 Å². The van der Waals surface area contributed by atoms with E-state index in [0.717, 1.165) is 6.04 Å². The lowest BCUT2D eigenvalue weighted by Crippen LogP contribution is -2.54. The number of likely N-dealkylation sites (tertiary alicyclic amines) is 1. The van der Waals surface area contributed by atoms with Crippen molar-refractivity contribution in [2.75, 3.05) is 19.6 Å². The van der Waals surface area contributed by atoms with E-state index in [1.807, 2.05) is 0 Å². The predicted octanol–water partition coefficient (Wildman–Crippen LogP) is 3.89. The molecule has 0 atom stereocenters. The summed E-state index contributed by atoms with van der Waals surface area (Å²) in [6.07, 6.45) is 13.4. The first-order valence-corrected chi connectivity index (χ1v) is 7.23. The third-order valence-corrected chi connectivity index (χ3v) is 4.76. The summed E-state index contributed by atoms with van der Waals surface area (Å²) in [5.41, 5.74) is 0. The van der Waals surface area contributed by atoms with Crippen LogP contribution in [0, 0.1) is 0 Å². The fourth-order valence-electron chi connectivity index (χ4n) is 3.84. The third-order valence-electron chi connectivity index (χ3n) is 4.76. The number of hydrogen-bond acceptors (Lipinski definition) is 1. The Bertz CT molecular complexity index is 179. The van der Waals surface area contributed by atoms with Crippen molar-refractivity contribution in [2.45, 2.75) is 70.8 Å². The van der Waals surface area contributed by atoms with Crippen LogP contribution in [0.15, 0.2) is 0 Å². The van der Waals surface area contributed by atoms with Crippen LogP contribution in [0.1, 0.15) is 64.7 Å². The average Bonchev–Trinajstić information content (AvgIpc) is 2.78. The Morgan fingerprint density at radius 2 is 1.56 bits per heavy atom. The highest BCUT2D eigenvalue weighted by Crippen LogP contribution is 2.33. The smallest absolute Gasteiger partial charge is 0.0890 e. The van der Waals surface area contributed by atoms with Gasteiger partial charge >= 0.3 is 0 Å². The van der Waals surface area contributed by atoms with E-state index in [-0.39, 0.29) is 6.15 Å². The lowest BCUT2D eigenvalue weighted by atomic mass is 9.92. The van der Waals surface area contributed by atoms with E-state index < -0.39 is 0 Å². The summed E-state index contributed by atoms with van der Waals surface area (Å²) in [5.74, 6) is 0. The van der Waals surface area contributed by atoms with Gasteiger partial charge in [-0.25, -0.2) is 0 Å². The Labute approximate surface area is 102 Å². The van der Waals surface area contributed by atoms with E-state index in [0.29, 0.717) is 0 Å². The minimum Gasteiger partial charge on any atom is -0.344 e. The molecule has 1 saturated heterocycles. The highest BCUT2D eigenvalue weighted by atomic mass is 15.4. The van der Waals surface area contributed by atoms with Crippen LogP contribution in [0.25, 0.3) is 0 Å². The summed E-state index contributed by atoms with van der Waals surface area (Å²) in [4.78, 5) is 0. The summed E-state index contributed by atoms with van der Waals surface area (Å²) in [5, 5.41) is 0. The molecule has 1 aliphatic heterocycles. The lowest BCUT2D eigenvalue weighted by molar-refractivity contribution is -0.941. The molecule has 2 nitrogen and oxygen atoms in total. The van der Waals surface area contributed by atoms with Crippen molar-refractivity contribution in [1.29, 1.82) is 0 Å². The molecular formula is C14H31N2+. The van der Waals surface area contributed by atoms with Gasteiger partial charge in [-0.15, -0.1) is 0 Å². The average molecular weight is 227 g/mol. The first kappa shape index (κ1) is 14.0. The van der Waals surface area contributed by atoms with Crippen molar-refractivity contribution in [3.8, 4) is 0 Å². The third kappa shape index (κ3) is 2.98. The van der Waals surface area contributed by atoms with Gasteiger partial charge in [0.1, 0.15) is 0 Å².